The van der Waals surface area contributed by atoms with Crippen molar-refractivity contribution in [2.45, 2.75) is 0 Å². The van der Waals surface area contributed by atoms with Crippen LogP contribution in [0.1, 0.15) is 0 Å². The van der Waals surface area contributed by atoms with Crippen molar-refractivity contribution < 1.29 is 9.90 Å². The van der Waals surface area contributed by atoms with Crippen LogP contribution in [0.2, 0.25) is 0 Å². The molecule has 0 spiro atoms. The molecule has 5 heteroatoms. The normalized spacial score (nSPS) is 11.9. The molecule has 0 atom stereocenters. The largest absolute Gasteiger partial charge is 0.478 e. The van der Waals surface area contributed by atoms with Crippen LogP contribution in [0.15, 0.2) is 24.0 Å². The van der Waals surface area contributed by atoms with E-state index in [4.69, 9.17) is 10.8 Å². The summed E-state index contributed by atoms with van der Waals surface area (Å²) in [5.74, 6) is -1.05. The van der Waals surface area contributed by atoms with Crippen LogP contribution < -0.4 is 10.5 Å². The molecule has 0 heterocycles. The molecule has 0 aliphatic rings. The highest BCUT2D eigenvalue weighted by Crippen LogP contribution is 1.93. The third kappa shape index (κ3) is 3.03. The molecular formula is C5H8N2O2S. The van der Waals surface area contributed by atoms with Crippen molar-refractivity contribution in [1.29, 1.82) is 0 Å². The Morgan fingerprint density at radius 3 is 2.60 bits per heavy atom. The Labute approximate surface area is 64.0 Å². The van der Waals surface area contributed by atoms with Crippen molar-refractivity contribution in [2.75, 3.05) is 0 Å². The Bertz CT molecular complexity index is 176. The van der Waals surface area contributed by atoms with E-state index in [9.17, 15) is 4.79 Å². The van der Waals surface area contributed by atoms with Crippen LogP contribution in [0, 0.1) is 0 Å². The molecule has 0 radical (unpaired) electrons. The van der Waals surface area contributed by atoms with Crippen LogP contribution in [0.5, 0.6) is 0 Å². The first-order valence-electron chi connectivity index (χ1n) is 2.43. The Kier molecular flexibility index (Phi) is 4.23. The second kappa shape index (κ2) is 4.75. The van der Waals surface area contributed by atoms with Gasteiger partial charge in [-0.25, -0.2) is 4.79 Å². The van der Waals surface area contributed by atoms with E-state index < -0.39 is 5.97 Å². The molecule has 10 heavy (non-hydrogen) atoms. The minimum atomic E-state index is -1.05. The topological polar surface area (TPSA) is 75.3 Å². The van der Waals surface area contributed by atoms with Gasteiger partial charge in [0.25, 0.3) is 0 Å². The van der Waals surface area contributed by atoms with Gasteiger partial charge in [-0.2, -0.15) is 0 Å². The van der Waals surface area contributed by atoms with Gasteiger partial charge in [-0.15, -0.1) is 0 Å². The van der Waals surface area contributed by atoms with E-state index in [1.807, 2.05) is 0 Å². The van der Waals surface area contributed by atoms with Gasteiger partial charge in [-0.3, -0.25) is 0 Å². The van der Waals surface area contributed by atoms with Crippen LogP contribution in [0.4, 0.5) is 0 Å². The molecule has 0 aromatic carbocycles. The van der Waals surface area contributed by atoms with Crippen molar-refractivity contribution in [3.63, 3.8) is 0 Å². The third-order valence-electron chi connectivity index (χ3n) is 0.743. The van der Waals surface area contributed by atoms with Crippen LogP contribution in [0.25, 0.3) is 0 Å². The van der Waals surface area contributed by atoms with E-state index in [0.29, 0.717) is 0 Å². The van der Waals surface area contributed by atoms with Gasteiger partial charge in [0.05, 0.1) is 5.57 Å². The summed E-state index contributed by atoms with van der Waals surface area (Å²) in [5, 5.41) is 8.39. The molecule has 4 N–H and O–H groups in total. The Morgan fingerprint density at radius 2 is 2.30 bits per heavy atom. The molecule has 0 aromatic rings. The van der Waals surface area contributed by atoms with Gasteiger partial charge < -0.3 is 15.6 Å². The molecule has 0 saturated carbocycles. The molecule has 0 bridgehead atoms. The van der Waals surface area contributed by atoms with Gasteiger partial charge in [0.2, 0.25) is 0 Å². The minimum absolute atomic E-state index is 0.0532. The second-order valence-corrected chi connectivity index (χ2v) is 1.65. The fourth-order valence-corrected chi connectivity index (χ4v) is 0.493. The van der Waals surface area contributed by atoms with E-state index in [2.05, 4.69) is 17.5 Å². The lowest BCUT2D eigenvalue weighted by Crippen LogP contribution is -2.01. The summed E-state index contributed by atoms with van der Waals surface area (Å²) in [7, 11) is 0. The predicted molar refractivity (Wildman–Crippen MR) is 41.2 cm³/mol. The first-order chi connectivity index (χ1) is 4.72. The number of carbonyl (C=O) groups is 1. The Balaban J connectivity index is 4.26. The third-order valence-corrected chi connectivity index (χ3v) is 0.872. The van der Waals surface area contributed by atoms with Crippen molar-refractivity contribution >= 4 is 18.8 Å². The second-order valence-electron chi connectivity index (χ2n) is 1.39. The Hall–Kier alpha value is -1.10. The maximum atomic E-state index is 10.2. The first-order valence-corrected chi connectivity index (χ1v) is 2.88. The fourth-order valence-electron chi connectivity index (χ4n) is 0.354. The van der Waals surface area contributed by atoms with Gasteiger partial charge in [-0.1, -0.05) is 12.8 Å². The quantitative estimate of drug-likeness (QED) is 0.263. The zero-order chi connectivity index (χ0) is 7.98. The average molecular weight is 160 g/mol. The highest BCUT2D eigenvalue weighted by molar-refractivity contribution is 7.78. The van der Waals surface area contributed by atoms with E-state index in [-0.39, 0.29) is 5.57 Å². The Morgan fingerprint density at radius 1 is 1.70 bits per heavy atom. The lowest BCUT2D eigenvalue weighted by molar-refractivity contribution is -0.132. The van der Waals surface area contributed by atoms with Crippen LogP contribution >= 0.6 is 12.8 Å². The number of carboxylic acids is 1. The minimum Gasteiger partial charge on any atom is -0.478 e. The summed E-state index contributed by atoms with van der Waals surface area (Å²) < 4.78 is 2.28. The summed E-state index contributed by atoms with van der Waals surface area (Å²) in [6.45, 7) is 0. The summed E-state index contributed by atoms with van der Waals surface area (Å²) in [6, 6.07) is 0. The number of hydrogen-bond donors (Lipinski definition) is 4. The molecule has 0 unspecified atom stereocenters. The van der Waals surface area contributed by atoms with Crippen molar-refractivity contribution in [3.8, 4) is 0 Å². The summed E-state index contributed by atoms with van der Waals surface area (Å²) in [6.07, 6.45) is 3.62. The highest BCUT2D eigenvalue weighted by atomic mass is 32.1. The van der Waals surface area contributed by atoms with E-state index in [0.717, 1.165) is 6.20 Å². The summed E-state index contributed by atoms with van der Waals surface area (Å²) in [4.78, 5) is 10.2. The van der Waals surface area contributed by atoms with E-state index >= 15 is 0 Å². The molecule has 0 rings (SSSR count). The average Bonchev–Trinajstić information content (AvgIpc) is 1.87. The maximum Gasteiger partial charge on any atom is 0.337 e. The molecule has 0 saturated heterocycles. The first kappa shape index (κ1) is 8.90. The van der Waals surface area contributed by atoms with Crippen molar-refractivity contribution in [3.05, 3.63) is 24.0 Å². The van der Waals surface area contributed by atoms with Gasteiger partial charge in [0.15, 0.2) is 0 Å². The van der Waals surface area contributed by atoms with Gasteiger partial charge in [0.1, 0.15) is 0 Å². The maximum absolute atomic E-state index is 10.2. The lowest BCUT2D eigenvalue weighted by Gasteiger charge is -1.91. The molecule has 0 aliphatic carbocycles. The zero-order valence-corrected chi connectivity index (χ0v) is 6.01. The number of carboxylic acid groups (broad SMARTS) is 1. The lowest BCUT2D eigenvalue weighted by atomic mass is 10.3. The standard InChI is InChI=1S/C5H8N2O2S/c6-2-1-4(3-7-10)5(8)9/h1-3,7,10H,6H2,(H,8,9)/b2-1-,4-3-. The number of aliphatic carboxylic acids is 1. The van der Waals surface area contributed by atoms with E-state index in [1.54, 1.807) is 0 Å². The van der Waals surface area contributed by atoms with Gasteiger partial charge in [-0.05, 0) is 12.3 Å². The number of rotatable bonds is 3. The number of thiol groups is 1. The van der Waals surface area contributed by atoms with Gasteiger partial charge >= 0.3 is 5.97 Å². The molecule has 0 fully saturated rings. The predicted octanol–water partition coefficient (Wildman–Crippen LogP) is -0.138. The number of hydrogen-bond acceptors (Lipinski definition) is 4. The zero-order valence-electron chi connectivity index (χ0n) is 5.11. The SMILES string of the molecule is N/C=C\C(=C\NS)C(=O)O. The van der Waals surface area contributed by atoms with Gasteiger partial charge in [0, 0.05) is 6.20 Å². The van der Waals surface area contributed by atoms with Crippen LogP contribution in [-0.2, 0) is 4.79 Å². The number of nitrogens with two attached hydrogens (primary N) is 1. The monoisotopic (exact) mass is 160 g/mol. The van der Waals surface area contributed by atoms with Crippen molar-refractivity contribution in [1.82, 2.24) is 4.72 Å². The van der Waals surface area contributed by atoms with Crippen LogP contribution in [0.3, 0.4) is 0 Å². The van der Waals surface area contributed by atoms with Crippen molar-refractivity contribution in [2.24, 2.45) is 5.73 Å². The van der Waals surface area contributed by atoms with Crippen LogP contribution in [-0.4, -0.2) is 11.1 Å². The smallest absolute Gasteiger partial charge is 0.337 e. The molecule has 0 aromatic heterocycles. The molecule has 0 aliphatic heterocycles. The summed E-state index contributed by atoms with van der Waals surface area (Å²) in [5.41, 5.74) is 5.01. The fraction of sp³-hybridized carbons (Fsp3) is 0. The van der Waals surface area contributed by atoms with E-state index in [1.165, 1.54) is 12.3 Å². The highest BCUT2D eigenvalue weighted by Gasteiger charge is 1.99. The molecule has 0 amide bonds. The molecule has 4 nitrogen and oxygen atoms in total. The number of nitrogens with one attached hydrogen (secondary N) is 1. The molecular weight excluding hydrogens is 152 g/mol. The summed E-state index contributed by atoms with van der Waals surface area (Å²) >= 11 is 3.58. The molecule has 56 valence electrons.